The van der Waals surface area contributed by atoms with Crippen molar-refractivity contribution in [1.29, 1.82) is 0 Å². The van der Waals surface area contributed by atoms with Crippen molar-refractivity contribution in [2.24, 2.45) is 11.8 Å². The van der Waals surface area contributed by atoms with E-state index in [2.05, 4.69) is 33.0 Å². The molecule has 0 amide bonds. The lowest BCUT2D eigenvalue weighted by Gasteiger charge is -2.16. The molecular formula is C12H27N. The van der Waals surface area contributed by atoms with Crippen LogP contribution in [0.3, 0.4) is 0 Å². The molecule has 1 unspecified atom stereocenters. The van der Waals surface area contributed by atoms with E-state index in [1.165, 1.54) is 38.8 Å². The minimum atomic E-state index is 0.781. The van der Waals surface area contributed by atoms with Crippen molar-refractivity contribution in [1.82, 2.24) is 5.32 Å². The summed E-state index contributed by atoms with van der Waals surface area (Å²) in [6.07, 6.45) is 5.45. The molecule has 0 fully saturated rings. The number of unbranched alkanes of at least 4 members (excludes halogenated alkanes) is 1. The molecule has 0 aromatic heterocycles. The zero-order chi connectivity index (χ0) is 10.1. The molecule has 0 bridgehead atoms. The van der Waals surface area contributed by atoms with Crippen molar-refractivity contribution in [2.45, 2.75) is 53.4 Å². The molecule has 0 radical (unpaired) electrons. The van der Waals surface area contributed by atoms with Crippen molar-refractivity contribution >= 4 is 0 Å². The number of hydrogen-bond acceptors (Lipinski definition) is 1. The molecule has 0 aromatic carbocycles. The molecular weight excluding hydrogens is 158 g/mol. The summed E-state index contributed by atoms with van der Waals surface area (Å²) in [4.78, 5) is 0. The topological polar surface area (TPSA) is 12.0 Å². The number of nitrogens with one attached hydrogen (secondary N) is 1. The third kappa shape index (κ3) is 8.29. The number of rotatable bonds is 8. The minimum absolute atomic E-state index is 0.781. The molecule has 0 spiro atoms. The fraction of sp³-hybridized carbons (Fsp3) is 1.00. The summed E-state index contributed by atoms with van der Waals surface area (Å²) >= 11 is 0. The van der Waals surface area contributed by atoms with Gasteiger partial charge in [-0.2, -0.15) is 0 Å². The summed E-state index contributed by atoms with van der Waals surface area (Å²) in [5.74, 6) is 1.68. The first-order valence-electron chi connectivity index (χ1n) is 5.91. The second kappa shape index (κ2) is 8.55. The van der Waals surface area contributed by atoms with E-state index in [4.69, 9.17) is 0 Å². The highest BCUT2D eigenvalue weighted by atomic mass is 14.9. The largest absolute Gasteiger partial charge is 0.316 e. The molecule has 0 saturated carbocycles. The molecule has 13 heavy (non-hydrogen) atoms. The van der Waals surface area contributed by atoms with Crippen molar-refractivity contribution in [3.63, 3.8) is 0 Å². The van der Waals surface area contributed by atoms with Gasteiger partial charge in [0.15, 0.2) is 0 Å². The van der Waals surface area contributed by atoms with E-state index in [1.807, 2.05) is 0 Å². The maximum Gasteiger partial charge on any atom is -0.00205 e. The van der Waals surface area contributed by atoms with Crippen LogP contribution in [0.4, 0.5) is 0 Å². The molecule has 0 rings (SSSR count). The SMILES string of the molecule is CCCCC(CC)CNCC(C)C. The predicted molar refractivity (Wildman–Crippen MR) is 61.0 cm³/mol. The van der Waals surface area contributed by atoms with Gasteiger partial charge in [-0.1, -0.05) is 47.0 Å². The van der Waals surface area contributed by atoms with E-state index in [0.29, 0.717) is 0 Å². The Bertz CT molecular complexity index is 99.3. The highest BCUT2D eigenvalue weighted by molar-refractivity contribution is 4.61. The van der Waals surface area contributed by atoms with Crippen LogP contribution >= 0.6 is 0 Å². The van der Waals surface area contributed by atoms with Crippen LogP contribution in [0, 0.1) is 11.8 Å². The van der Waals surface area contributed by atoms with Crippen LogP contribution in [0.1, 0.15) is 53.4 Å². The van der Waals surface area contributed by atoms with Gasteiger partial charge < -0.3 is 5.32 Å². The molecule has 0 aromatic rings. The van der Waals surface area contributed by atoms with Crippen molar-refractivity contribution < 1.29 is 0 Å². The quantitative estimate of drug-likeness (QED) is 0.611. The van der Waals surface area contributed by atoms with Crippen LogP contribution in [0.5, 0.6) is 0 Å². The molecule has 1 nitrogen and oxygen atoms in total. The summed E-state index contributed by atoms with van der Waals surface area (Å²) in [5.41, 5.74) is 0. The van der Waals surface area contributed by atoms with E-state index in [0.717, 1.165) is 11.8 Å². The van der Waals surface area contributed by atoms with Gasteiger partial charge in [-0.3, -0.25) is 0 Å². The Balaban J connectivity index is 3.36. The molecule has 1 atom stereocenters. The van der Waals surface area contributed by atoms with Crippen molar-refractivity contribution in [3.8, 4) is 0 Å². The van der Waals surface area contributed by atoms with Gasteiger partial charge in [0.1, 0.15) is 0 Å². The fourth-order valence-electron chi connectivity index (χ4n) is 1.52. The maximum absolute atomic E-state index is 3.54. The summed E-state index contributed by atoms with van der Waals surface area (Å²) in [6.45, 7) is 11.5. The summed E-state index contributed by atoms with van der Waals surface area (Å²) in [7, 11) is 0. The van der Waals surface area contributed by atoms with Crippen LogP contribution in [-0.4, -0.2) is 13.1 Å². The molecule has 0 saturated heterocycles. The van der Waals surface area contributed by atoms with Gasteiger partial charge in [-0.25, -0.2) is 0 Å². The first kappa shape index (κ1) is 13.0. The monoisotopic (exact) mass is 185 g/mol. The molecule has 0 aliphatic heterocycles. The lowest BCUT2D eigenvalue weighted by Crippen LogP contribution is -2.26. The Labute approximate surface area is 84.3 Å². The second-order valence-corrected chi connectivity index (χ2v) is 4.47. The lowest BCUT2D eigenvalue weighted by molar-refractivity contribution is 0.405. The first-order valence-corrected chi connectivity index (χ1v) is 5.91. The van der Waals surface area contributed by atoms with Gasteiger partial charge in [0.05, 0.1) is 0 Å². The highest BCUT2D eigenvalue weighted by Gasteiger charge is 2.04. The average Bonchev–Trinajstić information content (AvgIpc) is 2.10. The maximum atomic E-state index is 3.54. The Morgan fingerprint density at radius 3 is 2.23 bits per heavy atom. The van der Waals surface area contributed by atoms with Crippen LogP contribution in [0.15, 0.2) is 0 Å². The van der Waals surface area contributed by atoms with Gasteiger partial charge >= 0.3 is 0 Å². The van der Waals surface area contributed by atoms with E-state index < -0.39 is 0 Å². The fourth-order valence-corrected chi connectivity index (χ4v) is 1.52. The predicted octanol–water partition coefficient (Wildman–Crippen LogP) is 3.45. The van der Waals surface area contributed by atoms with Crippen LogP contribution < -0.4 is 5.32 Å². The molecule has 0 aliphatic carbocycles. The van der Waals surface area contributed by atoms with Crippen LogP contribution in [0.2, 0.25) is 0 Å². The van der Waals surface area contributed by atoms with Gasteiger partial charge in [0, 0.05) is 0 Å². The van der Waals surface area contributed by atoms with E-state index in [9.17, 15) is 0 Å². The van der Waals surface area contributed by atoms with Gasteiger partial charge in [-0.15, -0.1) is 0 Å². The average molecular weight is 185 g/mol. The third-order valence-corrected chi connectivity index (χ3v) is 2.53. The molecule has 0 heterocycles. The molecule has 1 heteroatoms. The lowest BCUT2D eigenvalue weighted by atomic mass is 9.99. The van der Waals surface area contributed by atoms with Crippen LogP contribution in [-0.2, 0) is 0 Å². The van der Waals surface area contributed by atoms with E-state index in [-0.39, 0.29) is 0 Å². The first-order chi connectivity index (χ1) is 6.20. The van der Waals surface area contributed by atoms with Crippen LogP contribution in [0.25, 0.3) is 0 Å². The second-order valence-electron chi connectivity index (χ2n) is 4.47. The number of hydrogen-bond donors (Lipinski definition) is 1. The Hall–Kier alpha value is -0.0400. The van der Waals surface area contributed by atoms with Gasteiger partial charge in [0.2, 0.25) is 0 Å². The van der Waals surface area contributed by atoms with Crippen molar-refractivity contribution in [2.75, 3.05) is 13.1 Å². The zero-order valence-corrected chi connectivity index (χ0v) is 9.90. The van der Waals surface area contributed by atoms with Gasteiger partial charge in [0.25, 0.3) is 0 Å². The molecule has 1 N–H and O–H groups in total. The zero-order valence-electron chi connectivity index (χ0n) is 9.90. The Morgan fingerprint density at radius 2 is 1.77 bits per heavy atom. The normalized spacial score (nSPS) is 13.6. The summed E-state index contributed by atoms with van der Waals surface area (Å²) < 4.78 is 0. The smallest absolute Gasteiger partial charge is 0.00205 e. The summed E-state index contributed by atoms with van der Waals surface area (Å²) in [6, 6.07) is 0. The van der Waals surface area contributed by atoms with Crippen molar-refractivity contribution in [3.05, 3.63) is 0 Å². The molecule has 0 aliphatic rings. The summed E-state index contributed by atoms with van der Waals surface area (Å²) in [5, 5.41) is 3.54. The highest BCUT2D eigenvalue weighted by Crippen LogP contribution is 2.11. The van der Waals surface area contributed by atoms with E-state index >= 15 is 0 Å². The molecule has 80 valence electrons. The Kier molecular flexibility index (Phi) is 8.53. The van der Waals surface area contributed by atoms with E-state index in [1.54, 1.807) is 0 Å². The van der Waals surface area contributed by atoms with Gasteiger partial charge in [-0.05, 0) is 31.3 Å². The minimum Gasteiger partial charge on any atom is -0.316 e. The Morgan fingerprint density at radius 1 is 1.08 bits per heavy atom. The standard InChI is InChI=1S/C12H27N/c1-5-7-8-12(6-2)10-13-9-11(3)4/h11-13H,5-10H2,1-4H3. The third-order valence-electron chi connectivity index (χ3n) is 2.53.